The van der Waals surface area contributed by atoms with E-state index in [-0.39, 0.29) is 0 Å². The van der Waals surface area contributed by atoms with Crippen LogP contribution in [0.3, 0.4) is 0 Å². The topological polar surface area (TPSA) is 64.7 Å². The Hall–Kier alpha value is -1.14. The maximum atomic E-state index is 5.66. The van der Waals surface area contributed by atoms with Crippen LogP contribution < -0.4 is 5.73 Å². The second kappa shape index (κ2) is 4.39. The standard InChI is InChI=1S/C8H8N4S2/c9-8-6(11-12-14-8)5-13-7-3-1-2-4-10-7/h1-4H,5,9H2. The van der Waals surface area contributed by atoms with Crippen LogP contribution in [0.25, 0.3) is 0 Å². The van der Waals surface area contributed by atoms with Crippen molar-refractivity contribution in [1.29, 1.82) is 0 Å². The Morgan fingerprint density at radius 2 is 2.36 bits per heavy atom. The molecule has 0 aromatic carbocycles. The van der Waals surface area contributed by atoms with Gasteiger partial charge in [-0.25, -0.2) is 4.98 Å². The number of nitrogens with two attached hydrogens (primary N) is 1. The van der Waals surface area contributed by atoms with E-state index >= 15 is 0 Å². The van der Waals surface area contributed by atoms with E-state index in [4.69, 9.17) is 5.73 Å². The normalized spacial score (nSPS) is 10.3. The predicted molar refractivity (Wildman–Crippen MR) is 58.1 cm³/mol. The molecule has 2 aromatic heterocycles. The van der Waals surface area contributed by atoms with Crippen LogP contribution in [0.5, 0.6) is 0 Å². The van der Waals surface area contributed by atoms with Gasteiger partial charge in [0.05, 0.1) is 5.03 Å². The molecule has 0 atom stereocenters. The highest BCUT2D eigenvalue weighted by Crippen LogP contribution is 2.23. The minimum Gasteiger partial charge on any atom is -0.388 e. The summed E-state index contributed by atoms with van der Waals surface area (Å²) in [6.07, 6.45) is 1.77. The third kappa shape index (κ3) is 2.21. The minimum absolute atomic E-state index is 0.688. The van der Waals surface area contributed by atoms with Gasteiger partial charge in [-0.2, -0.15) is 0 Å². The van der Waals surface area contributed by atoms with Gasteiger partial charge in [0.25, 0.3) is 0 Å². The second-order valence-electron chi connectivity index (χ2n) is 2.54. The van der Waals surface area contributed by atoms with Crippen molar-refractivity contribution in [2.24, 2.45) is 0 Å². The first-order chi connectivity index (χ1) is 6.86. The van der Waals surface area contributed by atoms with Crippen molar-refractivity contribution in [3.05, 3.63) is 30.1 Å². The maximum absolute atomic E-state index is 5.66. The van der Waals surface area contributed by atoms with Gasteiger partial charge in [0.2, 0.25) is 0 Å². The average molecular weight is 224 g/mol. The Kier molecular flexibility index (Phi) is 2.95. The largest absolute Gasteiger partial charge is 0.388 e. The molecular weight excluding hydrogens is 216 g/mol. The first-order valence-corrected chi connectivity index (χ1v) is 5.72. The Balaban J connectivity index is 1.99. The van der Waals surface area contributed by atoms with E-state index in [0.29, 0.717) is 5.00 Å². The third-order valence-corrected chi connectivity index (χ3v) is 3.13. The summed E-state index contributed by atoms with van der Waals surface area (Å²) in [5.41, 5.74) is 6.50. The lowest BCUT2D eigenvalue weighted by molar-refractivity contribution is 1.07. The van der Waals surface area contributed by atoms with Crippen molar-refractivity contribution >= 4 is 28.3 Å². The quantitative estimate of drug-likeness (QED) is 0.805. The lowest BCUT2D eigenvalue weighted by atomic mass is 10.5. The van der Waals surface area contributed by atoms with Crippen LogP contribution in [0.2, 0.25) is 0 Å². The van der Waals surface area contributed by atoms with Crippen molar-refractivity contribution in [2.45, 2.75) is 10.8 Å². The molecule has 2 aromatic rings. The van der Waals surface area contributed by atoms with Crippen molar-refractivity contribution in [1.82, 2.24) is 14.6 Å². The van der Waals surface area contributed by atoms with Crippen LogP contribution in [0.1, 0.15) is 5.69 Å². The van der Waals surface area contributed by atoms with Crippen LogP contribution in [-0.2, 0) is 5.75 Å². The summed E-state index contributed by atoms with van der Waals surface area (Å²) >= 11 is 2.83. The molecule has 0 aliphatic heterocycles. The molecule has 0 aliphatic rings. The van der Waals surface area contributed by atoms with E-state index in [9.17, 15) is 0 Å². The molecule has 14 heavy (non-hydrogen) atoms. The fourth-order valence-electron chi connectivity index (χ4n) is 0.890. The Bertz CT molecular complexity index is 401. The fraction of sp³-hybridized carbons (Fsp3) is 0.125. The van der Waals surface area contributed by atoms with Crippen LogP contribution >= 0.6 is 23.3 Å². The summed E-state index contributed by atoms with van der Waals surface area (Å²) in [7, 11) is 0. The average Bonchev–Trinajstić information content (AvgIpc) is 2.63. The van der Waals surface area contributed by atoms with Gasteiger partial charge in [-0.15, -0.1) is 5.10 Å². The molecule has 0 fully saturated rings. The van der Waals surface area contributed by atoms with Gasteiger partial charge in [-0.1, -0.05) is 22.3 Å². The van der Waals surface area contributed by atoms with E-state index in [1.165, 1.54) is 11.5 Å². The van der Waals surface area contributed by atoms with Crippen LogP contribution in [0.4, 0.5) is 5.00 Å². The second-order valence-corrected chi connectivity index (χ2v) is 4.32. The number of nitrogens with zero attached hydrogens (tertiary/aromatic N) is 3. The number of hydrogen-bond acceptors (Lipinski definition) is 6. The zero-order valence-electron chi connectivity index (χ0n) is 7.25. The molecule has 0 saturated heterocycles. The Morgan fingerprint density at radius 1 is 1.43 bits per heavy atom. The summed E-state index contributed by atoms with van der Waals surface area (Å²) in [6.45, 7) is 0. The first-order valence-electron chi connectivity index (χ1n) is 3.97. The number of thioether (sulfide) groups is 1. The monoisotopic (exact) mass is 224 g/mol. The van der Waals surface area contributed by atoms with Crippen LogP contribution in [0.15, 0.2) is 29.4 Å². The first kappa shape index (κ1) is 9.42. The number of aromatic nitrogens is 3. The van der Waals surface area contributed by atoms with Crippen molar-refractivity contribution in [3.8, 4) is 0 Å². The van der Waals surface area contributed by atoms with Gasteiger partial charge in [0.15, 0.2) is 0 Å². The molecule has 0 unspecified atom stereocenters. The lowest BCUT2D eigenvalue weighted by Gasteiger charge is -1.97. The van der Waals surface area contributed by atoms with Gasteiger partial charge in [0.1, 0.15) is 10.7 Å². The molecule has 4 nitrogen and oxygen atoms in total. The van der Waals surface area contributed by atoms with Crippen molar-refractivity contribution in [3.63, 3.8) is 0 Å². The molecule has 2 N–H and O–H groups in total. The molecule has 0 spiro atoms. The summed E-state index contributed by atoms with van der Waals surface area (Å²) in [6, 6.07) is 5.81. The van der Waals surface area contributed by atoms with Gasteiger partial charge < -0.3 is 5.73 Å². The van der Waals surface area contributed by atoms with E-state index in [1.807, 2.05) is 18.2 Å². The molecule has 0 bridgehead atoms. The number of hydrogen-bond donors (Lipinski definition) is 1. The summed E-state index contributed by atoms with van der Waals surface area (Å²) in [4.78, 5) is 4.19. The predicted octanol–water partition coefficient (Wildman–Crippen LogP) is 1.81. The van der Waals surface area contributed by atoms with E-state index in [2.05, 4.69) is 14.6 Å². The molecule has 0 amide bonds. The Labute approximate surface area is 89.7 Å². The van der Waals surface area contributed by atoms with Crippen molar-refractivity contribution in [2.75, 3.05) is 5.73 Å². The summed E-state index contributed by atoms with van der Waals surface area (Å²) in [5.74, 6) is 0.722. The zero-order chi connectivity index (χ0) is 9.80. The van der Waals surface area contributed by atoms with Gasteiger partial charge in [-0.3, -0.25) is 0 Å². The molecular formula is C8H8N4S2. The number of pyridine rings is 1. The maximum Gasteiger partial charge on any atom is 0.131 e. The number of anilines is 1. The summed E-state index contributed by atoms with van der Waals surface area (Å²) in [5, 5.41) is 5.59. The van der Waals surface area contributed by atoms with E-state index in [0.717, 1.165) is 16.5 Å². The fourth-order valence-corrected chi connectivity index (χ4v) is 2.24. The molecule has 2 heterocycles. The SMILES string of the molecule is Nc1snnc1CSc1ccccn1. The molecule has 72 valence electrons. The van der Waals surface area contributed by atoms with E-state index in [1.54, 1.807) is 18.0 Å². The van der Waals surface area contributed by atoms with Crippen LogP contribution in [-0.4, -0.2) is 14.6 Å². The number of nitrogen functional groups attached to an aromatic ring is 1. The molecule has 0 aliphatic carbocycles. The van der Waals surface area contributed by atoms with Gasteiger partial charge >= 0.3 is 0 Å². The zero-order valence-corrected chi connectivity index (χ0v) is 8.88. The number of rotatable bonds is 3. The van der Waals surface area contributed by atoms with Crippen molar-refractivity contribution < 1.29 is 0 Å². The Morgan fingerprint density at radius 3 is 3.00 bits per heavy atom. The summed E-state index contributed by atoms with van der Waals surface area (Å²) < 4.78 is 3.77. The molecule has 2 rings (SSSR count). The molecule has 0 saturated carbocycles. The van der Waals surface area contributed by atoms with Gasteiger partial charge in [-0.05, 0) is 12.1 Å². The molecule has 6 heteroatoms. The van der Waals surface area contributed by atoms with Crippen LogP contribution in [0, 0.1) is 0 Å². The lowest BCUT2D eigenvalue weighted by Crippen LogP contribution is -1.89. The highest BCUT2D eigenvalue weighted by Gasteiger charge is 2.04. The molecule has 0 radical (unpaired) electrons. The smallest absolute Gasteiger partial charge is 0.131 e. The highest BCUT2D eigenvalue weighted by atomic mass is 32.2. The highest BCUT2D eigenvalue weighted by molar-refractivity contribution is 7.98. The van der Waals surface area contributed by atoms with E-state index < -0.39 is 0 Å². The minimum atomic E-state index is 0.688. The third-order valence-electron chi connectivity index (χ3n) is 1.58. The van der Waals surface area contributed by atoms with Gasteiger partial charge in [0, 0.05) is 23.5 Å².